The lowest BCUT2D eigenvalue weighted by Gasteiger charge is -2.08. The maximum absolute atomic E-state index is 12.1. The van der Waals surface area contributed by atoms with Gasteiger partial charge < -0.3 is 15.1 Å². The molecule has 3 aromatic carbocycles. The highest BCUT2D eigenvalue weighted by molar-refractivity contribution is 7.98. The fraction of sp³-hybridized carbons (Fsp3) is 0.0870. The molecule has 0 aliphatic heterocycles. The van der Waals surface area contributed by atoms with E-state index in [1.807, 2.05) is 85.8 Å². The summed E-state index contributed by atoms with van der Waals surface area (Å²) < 4.78 is 5.72. The third-order valence-corrected chi connectivity index (χ3v) is 5.27. The number of hydrogen-bond acceptors (Lipinski definition) is 5. The van der Waals surface area contributed by atoms with E-state index in [4.69, 9.17) is 4.42 Å². The molecular formula is C23H20N4O2S. The standard InChI is InChI=1S/C23H20N4O2S/c1-16-7-9-18(10-8-16)24-23(28)25-19-11-13-20(14-12-19)30-15-21-26-27-22(29-21)17-5-3-2-4-6-17/h2-14H,15H2,1H3,(H2,24,25,28). The van der Waals surface area contributed by atoms with E-state index in [1.54, 1.807) is 11.8 Å². The lowest BCUT2D eigenvalue weighted by atomic mass is 10.2. The van der Waals surface area contributed by atoms with Crippen LogP contribution in [-0.4, -0.2) is 16.2 Å². The Bertz CT molecular complexity index is 1110. The van der Waals surface area contributed by atoms with Crippen molar-refractivity contribution in [1.29, 1.82) is 0 Å². The van der Waals surface area contributed by atoms with Gasteiger partial charge in [0.1, 0.15) is 0 Å². The first-order valence-corrected chi connectivity index (χ1v) is 10.4. The lowest BCUT2D eigenvalue weighted by Crippen LogP contribution is -2.19. The summed E-state index contributed by atoms with van der Waals surface area (Å²) in [6, 6.07) is 24.7. The van der Waals surface area contributed by atoms with E-state index in [1.165, 1.54) is 0 Å². The number of nitrogens with one attached hydrogen (secondary N) is 2. The average molecular weight is 417 g/mol. The molecule has 0 atom stereocenters. The van der Waals surface area contributed by atoms with Crippen LogP contribution >= 0.6 is 11.8 Å². The first-order valence-electron chi connectivity index (χ1n) is 9.41. The third kappa shape index (κ3) is 5.27. The summed E-state index contributed by atoms with van der Waals surface area (Å²) in [7, 11) is 0. The second kappa shape index (κ2) is 9.28. The van der Waals surface area contributed by atoms with Gasteiger partial charge in [-0.05, 0) is 55.5 Å². The van der Waals surface area contributed by atoms with Crippen LogP contribution < -0.4 is 10.6 Å². The number of carbonyl (C=O) groups excluding carboxylic acids is 1. The predicted molar refractivity (Wildman–Crippen MR) is 120 cm³/mol. The number of aryl methyl sites for hydroxylation is 1. The quantitative estimate of drug-likeness (QED) is 0.378. The van der Waals surface area contributed by atoms with E-state index in [0.717, 1.165) is 21.7 Å². The molecule has 1 aromatic heterocycles. The molecule has 4 aromatic rings. The summed E-state index contributed by atoms with van der Waals surface area (Å²) in [5.41, 5.74) is 3.51. The molecule has 4 rings (SSSR count). The Labute approximate surface area is 178 Å². The van der Waals surface area contributed by atoms with Gasteiger partial charge in [-0.2, -0.15) is 0 Å². The first-order chi connectivity index (χ1) is 14.7. The summed E-state index contributed by atoms with van der Waals surface area (Å²) in [5.74, 6) is 1.66. The van der Waals surface area contributed by atoms with Crippen molar-refractivity contribution in [2.45, 2.75) is 17.6 Å². The van der Waals surface area contributed by atoms with Crippen molar-refractivity contribution in [2.24, 2.45) is 0 Å². The predicted octanol–water partition coefficient (Wildman–Crippen LogP) is 5.98. The molecule has 0 saturated carbocycles. The molecule has 0 spiro atoms. The first kappa shape index (κ1) is 19.7. The van der Waals surface area contributed by atoms with Gasteiger partial charge in [0.2, 0.25) is 11.8 Å². The summed E-state index contributed by atoms with van der Waals surface area (Å²) in [6.07, 6.45) is 0. The van der Waals surface area contributed by atoms with Crippen molar-refractivity contribution in [3.8, 4) is 11.5 Å². The van der Waals surface area contributed by atoms with Crippen molar-refractivity contribution in [3.05, 3.63) is 90.3 Å². The van der Waals surface area contributed by atoms with E-state index in [2.05, 4.69) is 20.8 Å². The fourth-order valence-electron chi connectivity index (χ4n) is 2.72. The van der Waals surface area contributed by atoms with Crippen LogP contribution in [0.3, 0.4) is 0 Å². The zero-order valence-electron chi connectivity index (χ0n) is 16.3. The van der Waals surface area contributed by atoms with E-state index in [-0.39, 0.29) is 6.03 Å². The molecule has 0 aliphatic rings. The van der Waals surface area contributed by atoms with Crippen molar-refractivity contribution in [2.75, 3.05) is 10.6 Å². The Morgan fingerprint density at radius 2 is 1.50 bits per heavy atom. The van der Waals surface area contributed by atoms with Gasteiger partial charge in [0.15, 0.2) is 0 Å². The minimum absolute atomic E-state index is 0.279. The molecule has 7 heteroatoms. The average Bonchev–Trinajstić information content (AvgIpc) is 3.25. The van der Waals surface area contributed by atoms with E-state index in [9.17, 15) is 4.79 Å². The zero-order chi connectivity index (χ0) is 20.8. The smallest absolute Gasteiger partial charge is 0.323 e. The van der Waals surface area contributed by atoms with Gasteiger partial charge in [-0.1, -0.05) is 35.9 Å². The summed E-state index contributed by atoms with van der Waals surface area (Å²) in [5, 5.41) is 13.8. The van der Waals surface area contributed by atoms with Crippen LogP contribution in [0.15, 0.2) is 88.2 Å². The van der Waals surface area contributed by atoms with Crippen molar-refractivity contribution >= 4 is 29.2 Å². The molecule has 30 heavy (non-hydrogen) atoms. The molecule has 0 bridgehead atoms. The SMILES string of the molecule is Cc1ccc(NC(=O)Nc2ccc(SCc3nnc(-c4ccccc4)o3)cc2)cc1. The molecule has 1 heterocycles. The van der Waals surface area contributed by atoms with Crippen LogP contribution in [-0.2, 0) is 5.75 Å². The minimum Gasteiger partial charge on any atom is -0.420 e. The molecule has 0 unspecified atom stereocenters. The number of rotatable bonds is 6. The summed E-state index contributed by atoms with van der Waals surface area (Å²) >= 11 is 1.59. The van der Waals surface area contributed by atoms with Gasteiger partial charge >= 0.3 is 6.03 Å². The number of carbonyl (C=O) groups is 1. The Balaban J connectivity index is 1.29. The van der Waals surface area contributed by atoms with E-state index >= 15 is 0 Å². The lowest BCUT2D eigenvalue weighted by molar-refractivity contribution is 0.262. The van der Waals surface area contributed by atoms with Crippen molar-refractivity contribution in [1.82, 2.24) is 10.2 Å². The topological polar surface area (TPSA) is 80.0 Å². The molecule has 150 valence electrons. The summed E-state index contributed by atoms with van der Waals surface area (Å²) in [6.45, 7) is 2.00. The normalized spacial score (nSPS) is 10.6. The maximum atomic E-state index is 12.1. The molecule has 0 aliphatic carbocycles. The van der Waals surface area contributed by atoms with E-state index in [0.29, 0.717) is 23.2 Å². The Morgan fingerprint density at radius 1 is 0.867 bits per heavy atom. The second-order valence-electron chi connectivity index (χ2n) is 6.63. The molecular weight excluding hydrogens is 396 g/mol. The second-order valence-corrected chi connectivity index (χ2v) is 7.67. The van der Waals surface area contributed by atoms with Gasteiger partial charge in [0.05, 0.1) is 5.75 Å². The largest absolute Gasteiger partial charge is 0.420 e. The van der Waals surface area contributed by atoms with Crippen LogP contribution in [0.2, 0.25) is 0 Å². The van der Waals surface area contributed by atoms with E-state index < -0.39 is 0 Å². The van der Waals surface area contributed by atoms with Crippen LogP contribution in [0.25, 0.3) is 11.5 Å². The number of amides is 2. The maximum Gasteiger partial charge on any atom is 0.323 e. The van der Waals surface area contributed by atoms with Gasteiger partial charge in [-0.15, -0.1) is 22.0 Å². The molecule has 0 radical (unpaired) electrons. The number of thioether (sulfide) groups is 1. The minimum atomic E-state index is -0.279. The highest BCUT2D eigenvalue weighted by Crippen LogP contribution is 2.25. The zero-order valence-corrected chi connectivity index (χ0v) is 17.1. The van der Waals surface area contributed by atoms with Gasteiger partial charge in [0, 0.05) is 21.8 Å². The molecule has 0 saturated heterocycles. The van der Waals surface area contributed by atoms with Crippen molar-refractivity contribution < 1.29 is 9.21 Å². The van der Waals surface area contributed by atoms with Gasteiger partial charge in [-0.25, -0.2) is 4.79 Å². The molecule has 6 nitrogen and oxygen atoms in total. The van der Waals surface area contributed by atoms with Crippen LogP contribution in [0.1, 0.15) is 11.5 Å². The summed E-state index contributed by atoms with van der Waals surface area (Å²) in [4.78, 5) is 13.2. The molecule has 0 fully saturated rings. The van der Waals surface area contributed by atoms with Gasteiger partial charge in [-0.3, -0.25) is 0 Å². The van der Waals surface area contributed by atoms with Crippen molar-refractivity contribution in [3.63, 3.8) is 0 Å². The molecule has 2 N–H and O–H groups in total. The Hall–Kier alpha value is -3.58. The number of anilines is 2. The Morgan fingerprint density at radius 3 is 2.17 bits per heavy atom. The van der Waals surface area contributed by atoms with Crippen LogP contribution in [0.5, 0.6) is 0 Å². The van der Waals surface area contributed by atoms with Crippen LogP contribution in [0, 0.1) is 6.92 Å². The highest BCUT2D eigenvalue weighted by atomic mass is 32.2. The number of hydrogen-bond donors (Lipinski definition) is 2. The van der Waals surface area contributed by atoms with Crippen LogP contribution in [0.4, 0.5) is 16.2 Å². The number of benzene rings is 3. The number of nitrogens with zero attached hydrogens (tertiary/aromatic N) is 2. The van der Waals surface area contributed by atoms with Gasteiger partial charge in [0.25, 0.3) is 0 Å². The number of urea groups is 1. The molecule has 2 amide bonds. The Kier molecular flexibility index (Phi) is 6.10. The monoisotopic (exact) mass is 416 g/mol. The fourth-order valence-corrected chi connectivity index (χ4v) is 3.45. The highest BCUT2D eigenvalue weighted by Gasteiger charge is 2.09. The third-order valence-electron chi connectivity index (χ3n) is 4.27. The number of aromatic nitrogens is 2.